The Balaban J connectivity index is 2.40. The maximum Gasteiger partial charge on any atom is 0.129 e. The zero-order valence-corrected chi connectivity index (χ0v) is 12.1. The summed E-state index contributed by atoms with van der Waals surface area (Å²) in [6.07, 6.45) is 0. The van der Waals surface area contributed by atoms with Crippen LogP contribution in [0.15, 0.2) is 29.6 Å². The van der Waals surface area contributed by atoms with Gasteiger partial charge in [-0.1, -0.05) is 17.7 Å². The van der Waals surface area contributed by atoms with E-state index in [2.05, 4.69) is 5.32 Å². The highest BCUT2D eigenvalue weighted by Gasteiger charge is 2.20. The van der Waals surface area contributed by atoms with Gasteiger partial charge in [-0.05, 0) is 36.1 Å². The minimum absolute atomic E-state index is 0.0101. The third-order valence-electron chi connectivity index (χ3n) is 2.90. The molecular formula is C14H15ClFNOS. The van der Waals surface area contributed by atoms with E-state index in [0.29, 0.717) is 17.1 Å². The van der Waals surface area contributed by atoms with Gasteiger partial charge in [0.2, 0.25) is 0 Å². The molecule has 19 heavy (non-hydrogen) atoms. The number of hydrogen-bond donors (Lipinski definition) is 2. The van der Waals surface area contributed by atoms with Crippen molar-refractivity contribution in [1.29, 1.82) is 0 Å². The Morgan fingerprint density at radius 2 is 2.21 bits per heavy atom. The van der Waals surface area contributed by atoms with E-state index in [-0.39, 0.29) is 18.5 Å². The quantitative estimate of drug-likeness (QED) is 0.885. The van der Waals surface area contributed by atoms with Gasteiger partial charge >= 0.3 is 0 Å². The number of aryl methyl sites for hydroxylation is 1. The molecule has 1 aromatic carbocycles. The standard InChI is InChI=1S/C14H15ClFNOS/c1-9-4-7-19-14(9)13(17-5-6-18)11-3-2-10(15)8-12(11)16/h2-4,7-8,13,17-18H,5-6H2,1H3. The number of halogens is 2. The molecule has 1 unspecified atom stereocenters. The van der Waals surface area contributed by atoms with Crippen molar-refractivity contribution >= 4 is 22.9 Å². The second kappa shape index (κ2) is 6.48. The summed E-state index contributed by atoms with van der Waals surface area (Å²) in [4.78, 5) is 1.05. The first-order valence-corrected chi connectivity index (χ1v) is 7.22. The maximum absolute atomic E-state index is 14.1. The number of benzene rings is 1. The van der Waals surface area contributed by atoms with Crippen molar-refractivity contribution in [1.82, 2.24) is 5.32 Å². The number of hydrogen-bond acceptors (Lipinski definition) is 3. The summed E-state index contributed by atoms with van der Waals surface area (Å²) in [5.41, 5.74) is 1.65. The Labute approximate surface area is 120 Å². The fourth-order valence-electron chi connectivity index (χ4n) is 1.97. The lowest BCUT2D eigenvalue weighted by atomic mass is 10.0. The molecule has 0 bridgehead atoms. The molecule has 2 aromatic rings. The predicted molar refractivity (Wildman–Crippen MR) is 77.4 cm³/mol. The van der Waals surface area contributed by atoms with Crippen LogP contribution in [0.3, 0.4) is 0 Å². The average molecular weight is 300 g/mol. The van der Waals surface area contributed by atoms with Gasteiger partial charge < -0.3 is 10.4 Å². The molecule has 0 spiro atoms. The van der Waals surface area contributed by atoms with Crippen molar-refractivity contribution in [3.63, 3.8) is 0 Å². The highest BCUT2D eigenvalue weighted by molar-refractivity contribution is 7.10. The Morgan fingerprint density at radius 1 is 1.42 bits per heavy atom. The number of aliphatic hydroxyl groups is 1. The summed E-state index contributed by atoms with van der Waals surface area (Å²) < 4.78 is 14.1. The van der Waals surface area contributed by atoms with Gasteiger partial charge in [0.1, 0.15) is 5.82 Å². The first-order chi connectivity index (χ1) is 9.13. The lowest BCUT2D eigenvalue weighted by molar-refractivity contribution is 0.288. The van der Waals surface area contributed by atoms with Crippen LogP contribution in [0.1, 0.15) is 22.0 Å². The second-order valence-corrected chi connectivity index (χ2v) is 5.63. The summed E-state index contributed by atoms with van der Waals surface area (Å²) in [6, 6.07) is 6.42. The van der Waals surface area contributed by atoms with Gasteiger partial charge in [-0.2, -0.15) is 0 Å². The highest BCUT2D eigenvalue weighted by atomic mass is 35.5. The molecule has 1 aromatic heterocycles. The van der Waals surface area contributed by atoms with E-state index in [0.717, 1.165) is 10.4 Å². The first kappa shape index (κ1) is 14.5. The average Bonchev–Trinajstić information content (AvgIpc) is 2.78. The van der Waals surface area contributed by atoms with Gasteiger partial charge in [-0.3, -0.25) is 0 Å². The normalized spacial score (nSPS) is 12.6. The van der Waals surface area contributed by atoms with Gasteiger partial charge in [-0.15, -0.1) is 11.3 Å². The molecule has 2 rings (SSSR count). The molecule has 2 N–H and O–H groups in total. The molecular weight excluding hydrogens is 285 g/mol. The van der Waals surface area contributed by atoms with Crippen LogP contribution in [0.2, 0.25) is 5.02 Å². The van der Waals surface area contributed by atoms with Crippen LogP contribution in [0.25, 0.3) is 0 Å². The van der Waals surface area contributed by atoms with Crippen molar-refractivity contribution in [3.05, 3.63) is 56.5 Å². The minimum atomic E-state index is -0.337. The fourth-order valence-corrected chi connectivity index (χ4v) is 3.15. The van der Waals surface area contributed by atoms with E-state index in [4.69, 9.17) is 16.7 Å². The van der Waals surface area contributed by atoms with Gasteiger partial charge in [-0.25, -0.2) is 4.39 Å². The maximum atomic E-state index is 14.1. The van der Waals surface area contributed by atoms with Crippen molar-refractivity contribution in [3.8, 4) is 0 Å². The zero-order valence-electron chi connectivity index (χ0n) is 10.5. The highest BCUT2D eigenvalue weighted by Crippen LogP contribution is 2.31. The number of aliphatic hydroxyl groups excluding tert-OH is 1. The Kier molecular flexibility index (Phi) is 4.93. The van der Waals surface area contributed by atoms with Crippen LogP contribution in [0.4, 0.5) is 4.39 Å². The summed E-state index contributed by atoms with van der Waals surface area (Å²) >= 11 is 7.36. The van der Waals surface area contributed by atoms with Gasteiger partial charge in [0.05, 0.1) is 12.6 Å². The van der Waals surface area contributed by atoms with Gasteiger partial charge in [0.25, 0.3) is 0 Å². The molecule has 0 radical (unpaired) electrons. The fraction of sp³-hybridized carbons (Fsp3) is 0.286. The molecule has 0 aliphatic heterocycles. The van der Waals surface area contributed by atoms with E-state index < -0.39 is 0 Å². The van der Waals surface area contributed by atoms with Gasteiger partial charge in [0, 0.05) is 22.0 Å². The molecule has 1 atom stereocenters. The van der Waals surface area contributed by atoms with Gasteiger partial charge in [0.15, 0.2) is 0 Å². The Morgan fingerprint density at radius 3 is 2.79 bits per heavy atom. The molecule has 0 fully saturated rings. The molecule has 5 heteroatoms. The lowest BCUT2D eigenvalue weighted by Gasteiger charge is -2.19. The van der Waals surface area contributed by atoms with Crippen LogP contribution in [-0.2, 0) is 0 Å². The van der Waals surface area contributed by atoms with E-state index >= 15 is 0 Å². The van der Waals surface area contributed by atoms with Crippen LogP contribution in [0, 0.1) is 12.7 Å². The monoisotopic (exact) mass is 299 g/mol. The first-order valence-electron chi connectivity index (χ1n) is 5.96. The topological polar surface area (TPSA) is 32.3 Å². The Hall–Kier alpha value is -0.940. The molecule has 0 amide bonds. The smallest absolute Gasteiger partial charge is 0.129 e. The zero-order chi connectivity index (χ0) is 13.8. The molecule has 0 aliphatic carbocycles. The van der Waals surface area contributed by atoms with Crippen LogP contribution >= 0.6 is 22.9 Å². The third-order valence-corrected chi connectivity index (χ3v) is 4.22. The lowest BCUT2D eigenvalue weighted by Crippen LogP contribution is -2.26. The summed E-state index contributed by atoms with van der Waals surface area (Å²) in [5.74, 6) is -0.337. The van der Waals surface area contributed by atoms with Crippen molar-refractivity contribution < 1.29 is 9.50 Å². The largest absolute Gasteiger partial charge is 0.395 e. The van der Waals surface area contributed by atoms with Crippen LogP contribution in [0.5, 0.6) is 0 Å². The number of nitrogens with one attached hydrogen (secondary N) is 1. The molecule has 1 heterocycles. The van der Waals surface area contributed by atoms with E-state index in [1.807, 2.05) is 18.4 Å². The molecule has 102 valence electrons. The third kappa shape index (κ3) is 3.34. The molecule has 0 aliphatic rings. The van der Waals surface area contributed by atoms with Crippen molar-refractivity contribution in [2.24, 2.45) is 0 Å². The summed E-state index contributed by atoms with van der Waals surface area (Å²) in [5, 5.41) is 14.5. The number of rotatable bonds is 5. The second-order valence-electron chi connectivity index (χ2n) is 4.24. The van der Waals surface area contributed by atoms with E-state index in [1.165, 1.54) is 6.07 Å². The molecule has 0 saturated heterocycles. The number of thiophene rings is 1. The SMILES string of the molecule is Cc1ccsc1C(NCCO)c1ccc(Cl)cc1F. The summed E-state index contributed by atoms with van der Waals surface area (Å²) in [7, 11) is 0. The van der Waals surface area contributed by atoms with E-state index in [9.17, 15) is 4.39 Å². The van der Waals surface area contributed by atoms with Crippen molar-refractivity contribution in [2.45, 2.75) is 13.0 Å². The van der Waals surface area contributed by atoms with Crippen LogP contribution in [-0.4, -0.2) is 18.3 Å². The predicted octanol–water partition coefficient (Wildman–Crippen LogP) is 3.52. The van der Waals surface area contributed by atoms with Crippen LogP contribution < -0.4 is 5.32 Å². The van der Waals surface area contributed by atoms with E-state index in [1.54, 1.807) is 23.5 Å². The summed E-state index contributed by atoms with van der Waals surface area (Å²) in [6.45, 7) is 2.41. The minimum Gasteiger partial charge on any atom is -0.395 e. The molecule has 2 nitrogen and oxygen atoms in total. The van der Waals surface area contributed by atoms with Crippen molar-refractivity contribution in [2.75, 3.05) is 13.2 Å². The Bertz CT molecular complexity index is 558. The molecule has 0 saturated carbocycles.